The van der Waals surface area contributed by atoms with Gasteiger partial charge in [0.1, 0.15) is 24.2 Å². The van der Waals surface area contributed by atoms with E-state index in [1.54, 1.807) is 0 Å². The number of hydrogen-bond acceptors (Lipinski definition) is 4. The summed E-state index contributed by atoms with van der Waals surface area (Å²) in [5, 5.41) is 0. The molecule has 3 rings (SSSR count). The summed E-state index contributed by atoms with van der Waals surface area (Å²) in [7, 11) is 0. The van der Waals surface area contributed by atoms with Crippen molar-refractivity contribution in [2.75, 3.05) is 0 Å². The van der Waals surface area contributed by atoms with Gasteiger partial charge in [0.25, 0.3) is 0 Å². The van der Waals surface area contributed by atoms with Crippen LogP contribution in [0.15, 0.2) is 76.1 Å². The number of Topliss-reactive ketones (excluding diaryl/α,β-unsaturated/α-hetero) is 1. The van der Waals surface area contributed by atoms with Crippen LogP contribution in [0.5, 0.6) is 5.75 Å². The zero-order valence-corrected chi connectivity index (χ0v) is 14.6. The molecule has 1 aromatic heterocycles. The maximum Gasteiger partial charge on any atom is 0.237 e. The third kappa shape index (κ3) is 4.28. The van der Waals surface area contributed by atoms with Crippen molar-refractivity contribution in [3.8, 4) is 5.75 Å². The Kier molecular flexibility index (Phi) is 5.64. The van der Waals surface area contributed by atoms with Crippen LogP contribution in [-0.2, 0) is 19.4 Å². The molecule has 0 fully saturated rings. The van der Waals surface area contributed by atoms with Gasteiger partial charge >= 0.3 is 0 Å². The number of aryl methyl sites for hydroxylation is 2. The number of ether oxygens (including phenoxy) is 1. The molecule has 0 unspecified atom stereocenters. The Bertz CT molecular complexity index is 927. The fraction of sp³-hybridized carbons (Fsp3) is 0.182. The minimum Gasteiger partial charge on any atom is -0.482 e. The molecule has 0 atom stereocenters. The highest BCUT2D eigenvalue weighted by Crippen LogP contribution is 2.19. The normalized spacial score (nSPS) is 10.5. The first-order valence-electron chi connectivity index (χ1n) is 8.51. The summed E-state index contributed by atoms with van der Waals surface area (Å²) in [6, 6.07) is 19.5. The predicted octanol–water partition coefficient (Wildman–Crippen LogP) is 4.21. The Balaban J connectivity index is 1.86. The second-order valence-electron chi connectivity index (χ2n) is 6.05. The SMILES string of the molecule is CC(=O)c1coc(CCc2ccccc2)c(OCc2ccccc2)c1=O. The standard InChI is InChI=1S/C22H20O4/c1-16(23)19-15-25-20(13-12-17-8-4-2-5-9-17)22(21(19)24)26-14-18-10-6-3-7-11-18/h2-11,15H,12-14H2,1H3. The summed E-state index contributed by atoms with van der Waals surface area (Å²) in [6.07, 6.45) is 2.47. The smallest absolute Gasteiger partial charge is 0.237 e. The summed E-state index contributed by atoms with van der Waals surface area (Å²) in [6.45, 7) is 1.59. The van der Waals surface area contributed by atoms with Crippen LogP contribution in [0, 0.1) is 0 Å². The molecule has 0 aliphatic rings. The quantitative estimate of drug-likeness (QED) is 0.600. The summed E-state index contributed by atoms with van der Waals surface area (Å²) in [4.78, 5) is 24.3. The van der Waals surface area contributed by atoms with Gasteiger partial charge in [0.05, 0.1) is 0 Å². The third-order valence-corrected chi connectivity index (χ3v) is 4.11. The summed E-state index contributed by atoms with van der Waals surface area (Å²) in [5.41, 5.74) is 1.67. The first-order chi connectivity index (χ1) is 12.6. The summed E-state index contributed by atoms with van der Waals surface area (Å²) >= 11 is 0. The second kappa shape index (κ2) is 8.30. The maximum atomic E-state index is 12.7. The highest BCUT2D eigenvalue weighted by atomic mass is 16.5. The van der Waals surface area contributed by atoms with Gasteiger partial charge in [-0.3, -0.25) is 9.59 Å². The minimum absolute atomic E-state index is 0.0107. The Morgan fingerprint density at radius 2 is 1.54 bits per heavy atom. The fourth-order valence-corrected chi connectivity index (χ4v) is 2.68. The molecule has 0 amide bonds. The highest BCUT2D eigenvalue weighted by Gasteiger charge is 2.18. The van der Waals surface area contributed by atoms with E-state index in [0.717, 1.165) is 11.1 Å². The van der Waals surface area contributed by atoms with Crippen molar-refractivity contribution in [1.29, 1.82) is 0 Å². The Morgan fingerprint density at radius 3 is 2.15 bits per heavy atom. The molecule has 0 aliphatic carbocycles. The molecule has 0 aliphatic heterocycles. The number of carbonyl (C=O) groups excluding carboxylic acids is 1. The third-order valence-electron chi connectivity index (χ3n) is 4.11. The molecule has 0 bridgehead atoms. The molecule has 0 spiro atoms. The monoisotopic (exact) mass is 348 g/mol. The van der Waals surface area contributed by atoms with E-state index in [1.807, 2.05) is 60.7 Å². The fourth-order valence-electron chi connectivity index (χ4n) is 2.68. The van der Waals surface area contributed by atoms with Crippen molar-refractivity contribution >= 4 is 5.78 Å². The lowest BCUT2D eigenvalue weighted by Gasteiger charge is -2.11. The summed E-state index contributed by atoms with van der Waals surface area (Å²) in [5.74, 6) is 0.246. The van der Waals surface area contributed by atoms with E-state index < -0.39 is 5.43 Å². The molecule has 0 saturated carbocycles. The molecule has 26 heavy (non-hydrogen) atoms. The van der Waals surface area contributed by atoms with Gasteiger partial charge in [0.2, 0.25) is 11.2 Å². The van der Waals surface area contributed by atoms with Crippen molar-refractivity contribution in [1.82, 2.24) is 0 Å². The van der Waals surface area contributed by atoms with E-state index in [-0.39, 0.29) is 23.7 Å². The van der Waals surface area contributed by atoms with Crippen LogP contribution < -0.4 is 10.2 Å². The van der Waals surface area contributed by atoms with Gasteiger partial charge in [-0.25, -0.2) is 0 Å². The zero-order valence-electron chi connectivity index (χ0n) is 14.6. The number of rotatable bonds is 7. The first kappa shape index (κ1) is 17.7. The molecule has 2 aromatic carbocycles. The number of benzene rings is 2. The average Bonchev–Trinajstić information content (AvgIpc) is 2.67. The summed E-state index contributed by atoms with van der Waals surface area (Å²) < 4.78 is 11.4. The van der Waals surface area contributed by atoms with Gasteiger partial charge in [-0.05, 0) is 24.5 Å². The van der Waals surface area contributed by atoms with Gasteiger partial charge in [0.15, 0.2) is 5.78 Å². The van der Waals surface area contributed by atoms with Crippen LogP contribution in [0.3, 0.4) is 0 Å². The first-order valence-corrected chi connectivity index (χ1v) is 8.51. The van der Waals surface area contributed by atoms with Crippen molar-refractivity contribution in [3.63, 3.8) is 0 Å². The Hall–Kier alpha value is -3.14. The van der Waals surface area contributed by atoms with Gasteiger partial charge in [0, 0.05) is 6.42 Å². The minimum atomic E-state index is -0.414. The van der Waals surface area contributed by atoms with Crippen LogP contribution in [-0.4, -0.2) is 5.78 Å². The van der Waals surface area contributed by atoms with Crippen molar-refractivity contribution < 1.29 is 13.9 Å². The molecule has 4 heteroatoms. The number of carbonyl (C=O) groups is 1. The van der Waals surface area contributed by atoms with Gasteiger partial charge < -0.3 is 9.15 Å². The topological polar surface area (TPSA) is 56.5 Å². The van der Waals surface area contributed by atoms with Crippen LogP contribution in [0.4, 0.5) is 0 Å². The van der Waals surface area contributed by atoms with Gasteiger partial charge in [-0.1, -0.05) is 60.7 Å². The van der Waals surface area contributed by atoms with Crippen molar-refractivity contribution in [2.45, 2.75) is 26.4 Å². The van der Waals surface area contributed by atoms with E-state index in [1.165, 1.54) is 13.2 Å². The van der Waals surface area contributed by atoms with E-state index in [4.69, 9.17) is 9.15 Å². The molecule has 4 nitrogen and oxygen atoms in total. The highest BCUT2D eigenvalue weighted by molar-refractivity contribution is 5.93. The molecular weight excluding hydrogens is 328 g/mol. The van der Waals surface area contributed by atoms with E-state index in [2.05, 4.69) is 0 Å². The average molecular weight is 348 g/mol. The number of ketones is 1. The van der Waals surface area contributed by atoms with Gasteiger partial charge in [-0.2, -0.15) is 0 Å². The largest absolute Gasteiger partial charge is 0.482 e. The molecule has 1 heterocycles. The molecule has 0 radical (unpaired) electrons. The van der Waals surface area contributed by atoms with Crippen molar-refractivity contribution in [3.05, 3.63) is 99.6 Å². The van der Waals surface area contributed by atoms with Crippen molar-refractivity contribution in [2.24, 2.45) is 0 Å². The van der Waals surface area contributed by atoms with E-state index in [9.17, 15) is 9.59 Å². The molecule has 0 saturated heterocycles. The van der Waals surface area contributed by atoms with Crippen LogP contribution in [0.25, 0.3) is 0 Å². The molecule has 0 N–H and O–H groups in total. The van der Waals surface area contributed by atoms with Crippen LogP contribution >= 0.6 is 0 Å². The predicted molar refractivity (Wildman–Crippen MR) is 99.6 cm³/mol. The Morgan fingerprint density at radius 1 is 0.923 bits per heavy atom. The van der Waals surface area contributed by atoms with E-state index in [0.29, 0.717) is 18.6 Å². The maximum absolute atomic E-state index is 12.7. The number of hydrogen-bond donors (Lipinski definition) is 0. The van der Waals surface area contributed by atoms with E-state index >= 15 is 0 Å². The van der Waals surface area contributed by atoms with Gasteiger partial charge in [-0.15, -0.1) is 0 Å². The molecular formula is C22H20O4. The lowest BCUT2D eigenvalue weighted by atomic mass is 10.1. The second-order valence-corrected chi connectivity index (χ2v) is 6.05. The zero-order chi connectivity index (χ0) is 18.4. The molecule has 132 valence electrons. The lowest BCUT2D eigenvalue weighted by Crippen LogP contribution is -2.18. The van der Waals surface area contributed by atoms with Crippen LogP contribution in [0.2, 0.25) is 0 Å². The Labute approximate surface area is 152 Å². The lowest BCUT2D eigenvalue weighted by molar-refractivity contribution is 0.101. The van der Waals surface area contributed by atoms with Crippen LogP contribution in [0.1, 0.15) is 34.2 Å². The molecule has 3 aromatic rings.